The fourth-order valence-corrected chi connectivity index (χ4v) is 22.2. The van der Waals surface area contributed by atoms with Crippen molar-refractivity contribution in [2.75, 3.05) is 19.6 Å². The van der Waals surface area contributed by atoms with Gasteiger partial charge in [0.25, 0.3) is 0 Å². The lowest BCUT2D eigenvalue weighted by atomic mass is 9.93. The van der Waals surface area contributed by atoms with Gasteiger partial charge in [-0.05, 0) is 197 Å². The standard InChI is InChI=1S/C114H76N6S2/c1-73-36-21-30-60-94(73)117(80-46-17-7-18-47-80)99-70-103-109(88-55-27-24-51-84(88)99)110-89-56-28-25-52-85(89)100(118(81-48-19-8-20-49-81)95-61-31-22-37-74(95)2)71-104(110)120(103)97-63-34-59-92-108-82(57-35-65-107(108)122-114(92)97)75-66-67-90-93(68-75)101(116(78-42-13-5-14-43-78)79-44-15-6-16-45-79)72-105-112(90)111-87-54-26-23-50-83(87)98(115(76-38-9-3-10-39-76)77-40-11-4-12-41-77)69-102(111)119(105)96-62-33-58-91-86-53-29-32-64-106(86)121-113(91)96/h3-72H,1-2H3. The highest BCUT2D eigenvalue weighted by Gasteiger charge is 2.32. The zero-order valence-electron chi connectivity index (χ0n) is 66.9. The van der Waals surface area contributed by atoms with E-state index in [-0.39, 0.29) is 0 Å². The lowest BCUT2D eigenvalue weighted by molar-refractivity contribution is 1.19. The van der Waals surface area contributed by atoms with Crippen LogP contribution >= 0.6 is 22.7 Å². The Hall–Kier alpha value is -15.3. The predicted octanol–water partition coefficient (Wildman–Crippen LogP) is 33.4. The SMILES string of the molecule is Cc1ccccc1N(c1ccccc1)c1cc2c(c3ccccc13)c1c3ccccc3c(N(c3ccccc3)c3ccccc3C)cc1n2-c1cccc2c1sc1cccc(-c3ccc4c(c3)c(N(c3ccccc3)c3ccccc3)cc3c4c4c5ccccc5c(N(c5ccccc5)c5ccccc5)cc4n3-c3cccc4c3sc3ccccc34)c12. The average Bonchev–Trinajstić information content (AvgIpc) is 1.54. The number of aromatic nitrogens is 2. The van der Waals surface area contributed by atoms with Crippen LogP contribution in [0.15, 0.2) is 425 Å². The molecule has 0 saturated carbocycles. The molecule has 0 aliphatic carbocycles. The van der Waals surface area contributed by atoms with Gasteiger partial charge in [-0.15, -0.1) is 22.7 Å². The number of benzene rings is 20. The number of rotatable bonds is 15. The van der Waals surface area contributed by atoms with Gasteiger partial charge >= 0.3 is 0 Å². The minimum Gasteiger partial charge on any atom is -0.310 e. The molecule has 20 aromatic carbocycles. The molecule has 0 spiro atoms. The Morgan fingerprint density at radius 2 is 0.500 bits per heavy atom. The summed E-state index contributed by atoms with van der Waals surface area (Å²) in [6.07, 6.45) is 0. The number of nitrogens with zero attached hydrogens (tertiary/aromatic N) is 6. The molecular formula is C114H76N6S2. The number of anilines is 12. The normalized spacial score (nSPS) is 11.9. The maximum atomic E-state index is 2.64. The van der Waals surface area contributed by atoms with Crippen molar-refractivity contribution >= 4 is 218 Å². The van der Waals surface area contributed by atoms with Crippen LogP contribution < -0.4 is 19.6 Å². The summed E-state index contributed by atoms with van der Waals surface area (Å²) in [6.45, 7) is 4.47. The number of para-hydroxylation sites is 8. The molecule has 0 aliphatic rings. The van der Waals surface area contributed by atoms with Gasteiger partial charge in [-0.1, -0.05) is 285 Å². The van der Waals surface area contributed by atoms with Crippen molar-refractivity contribution in [1.29, 1.82) is 0 Å². The fraction of sp³-hybridized carbons (Fsp3) is 0.0175. The first kappa shape index (κ1) is 70.8. The molecular weight excluding hydrogens is 1520 g/mol. The Bertz CT molecular complexity index is 8040. The molecule has 4 heterocycles. The summed E-state index contributed by atoms with van der Waals surface area (Å²) >= 11 is 3.77. The van der Waals surface area contributed by atoms with Crippen molar-refractivity contribution < 1.29 is 0 Å². The van der Waals surface area contributed by atoms with Crippen molar-refractivity contribution in [1.82, 2.24) is 9.13 Å². The second kappa shape index (κ2) is 28.8. The molecule has 24 aromatic rings. The van der Waals surface area contributed by atoms with Gasteiger partial charge in [-0.25, -0.2) is 0 Å². The Labute approximate surface area is 713 Å². The van der Waals surface area contributed by atoms with Crippen LogP contribution in [0.5, 0.6) is 0 Å². The topological polar surface area (TPSA) is 22.8 Å². The molecule has 122 heavy (non-hydrogen) atoms. The van der Waals surface area contributed by atoms with Crippen molar-refractivity contribution in [2.45, 2.75) is 13.8 Å². The molecule has 0 bridgehead atoms. The van der Waals surface area contributed by atoms with E-state index in [1.165, 1.54) is 89.2 Å². The van der Waals surface area contributed by atoms with Crippen LogP contribution in [-0.2, 0) is 0 Å². The van der Waals surface area contributed by atoms with Gasteiger partial charge in [0, 0.05) is 120 Å². The molecule has 6 nitrogen and oxygen atoms in total. The summed E-state index contributed by atoms with van der Waals surface area (Å²) in [5.41, 5.74) is 24.4. The van der Waals surface area contributed by atoms with Crippen molar-refractivity contribution in [2.24, 2.45) is 0 Å². The molecule has 0 saturated heterocycles. The third kappa shape index (κ3) is 11.1. The van der Waals surface area contributed by atoms with Crippen LogP contribution in [0.3, 0.4) is 0 Å². The first-order valence-corrected chi connectivity index (χ1v) is 43.4. The lowest BCUT2D eigenvalue weighted by Crippen LogP contribution is -2.12. The monoisotopic (exact) mass is 1590 g/mol. The summed E-state index contributed by atoms with van der Waals surface area (Å²) in [7, 11) is 0. The van der Waals surface area contributed by atoms with E-state index in [9.17, 15) is 0 Å². The molecule has 0 unspecified atom stereocenters. The Morgan fingerprint density at radius 1 is 0.197 bits per heavy atom. The Kier molecular flexibility index (Phi) is 16.7. The summed E-state index contributed by atoms with van der Waals surface area (Å²) in [5, 5.41) is 19.0. The summed E-state index contributed by atoms with van der Waals surface area (Å²) < 4.78 is 10.2. The quantitative estimate of drug-likeness (QED) is 0.102. The molecule has 8 heteroatoms. The summed E-state index contributed by atoms with van der Waals surface area (Å²) in [5.74, 6) is 0. The van der Waals surface area contributed by atoms with Gasteiger partial charge in [0.2, 0.25) is 0 Å². The Morgan fingerprint density at radius 3 is 0.926 bits per heavy atom. The highest BCUT2D eigenvalue weighted by Crippen LogP contribution is 2.56. The molecule has 0 radical (unpaired) electrons. The Balaban J connectivity index is 0.805. The van der Waals surface area contributed by atoms with Crippen LogP contribution in [0.2, 0.25) is 0 Å². The molecule has 0 fully saturated rings. The minimum atomic E-state index is 1.06. The molecule has 0 aliphatic heterocycles. The summed E-state index contributed by atoms with van der Waals surface area (Å²) in [4.78, 5) is 9.91. The van der Waals surface area contributed by atoms with E-state index >= 15 is 0 Å². The second-order valence-electron chi connectivity index (χ2n) is 31.8. The molecule has 0 atom stereocenters. The van der Waals surface area contributed by atoms with Crippen molar-refractivity contribution in [3.05, 3.63) is 436 Å². The zero-order valence-corrected chi connectivity index (χ0v) is 68.5. The number of aryl methyl sites for hydroxylation is 2. The van der Waals surface area contributed by atoms with Gasteiger partial charge in [-0.2, -0.15) is 0 Å². The second-order valence-corrected chi connectivity index (χ2v) is 33.9. The van der Waals surface area contributed by atoms with Crippen LogP contribution in [0.1, 0.15) is 11.1 Å². The predicted molar refractivity (Wildman–Crippen MR) is 525 cm³/mol. The van der Waals surface area contributed by atoms with Gasteiger partial charge in [-0.3, -0.25) is 0 Å². The molecule has 574 valence electrons. The lowest BCUT2D eigenvalue weighted by Gasteiger charge is -2.28. The molecule has 0 amide bonds. The molecule has 24 rings (SSSR count). The maximum absolute atomic E-state index is 2.64. The summed E-state index contributed by atoms with van der Waals surface area (Å²) in [6, 6.07) is 158. The zero-order chi connectivity index (χ0) is 80.6. The van der Waals surface area contributed by atoms with Gasteiger partial charge in [0.05, 0.1) is 65.6 Å². The maximum Gasteiger partial charge on any atom is 0.0640 e. The third-order valence-corrected chi connectivity index (χ3v) is 27.4. The third-order valence-electron chi connectivity index (χ3n) is 25.0. The van der Waals surface area contributed by atoms with E-state index in [4.69, 9.17) is 0 Å². The van der Waals surface area contributed by atoms with Crippen LogP contribution in [0.25, 0.3) is 150 Å². The van der Waals surface area contributed by atoms with Gasteiger partial charge in [0.15, 0.2) is 0 Å². The van der Waals surface area contributed by atoms with E-state index < -0.39 is 0 Å². The van der Waals surface area contributed by atoms with Crippen LogP contribution in [-0.4, -0.2) is 9.13 Å². The van der Waals surface area contributed by atoms with Crippen LogP contribution in [0.4, 0.5) is 68.2 Å². The van der Waals surface area contributed by atoms with Crippen LogP contribution in [0, 0.1) is 13.8 Å². The number of fused-ring (bicyclic) bond motifs is 20. The van der Waals surface area contributed by atoms with E-state index in [2.05, 4.69) is 467 Å². The minimum absolute atomic E-state index is 1.06. The molecule has 0 N–H and O–H groups in total. The number of hydrogen-bond donors (Lipinski definition) is 0. The first-order chi connectivity index (χ1) is 60.4. The number of hydrogen-bond acceptors (Lipinski definition) is 6. The highest BCUT2D eigenvalue weighted by atomic mass is 32.1. The van der Waals surface area contributed by atoms with Crippen molar-refractivity contribution in [3.8, 4) is 22.5 Å². The largest absolute Gasteiger partial charge is 0.310 e. The molecule has 4 aromatic heterocycles. The number of thiophene rings is 2. The van der Waals surface area contributed by atoms with E-state index in [0.717, 1.165) is 140 Å². The van der Waals surface area contributed by atoms with E-state index in [1.807, 2.05) is 22.7 Å². The highest BCUT2D eigenvalue weighted by molar-refractivity contribution is 7.26. The van der Waals surface area contributed by atoms with E-state index in [1.54, 1.807) is 0 Å². The smallest absolute Gasteiger partial charge is 0.0640 e. The average molecular weight is 1590 g/mol. The van der Waals surface area contributed by atoms with Gasteiger partial charge in [0.1, 0.15) is 0 Å². The van der Waals surface area contributed by atoms with Gasteiger partial charge < -0.3 is 28.7 Å². The fourth-order valence-electron chi connectivity index (χ4n) is 19.8. The van der Waals surface area contributed by atoms with E-state index in [0.29, 0.717) is 0 Å². The first-order valence-electron chi connectivity index (χ1n) is 41.8. The van der Waals surface area contributed by atoms with Crippen molar-refractivity contribution in [3.63, 3.8) is 0 Å².